The number of carbonyl (C=O) groups is 1. The van der Waals surface area contributed by atoms with Crippen molar-refractivity contribution in [2.24, 2.45) is 0 Å². The molecule has 2 rings (SSSR count). The lowest BCUT2D eigenvalue weighted by Gasteiger charge is -2.23. The van der Waals surface area contributed by atoms with Crippen LogP contribution < -0.4 is 15.7 Å². The maximum atomic E-state index is 11.2. The van der Waals surface area contributed by atoms with Crippen LogP contribution in [-0.4, -0.2) is 29.8 Å². The predicted octanol–water partition coefficient (Wildman–Crippen LogP) is 1.45. The van der Waals surface area contributed by atoms with Crippen molar-refractivity contribution in [3.8, 4) is 5.75 Å². The van der Waals surface area contributed by atoms with Crippen molar-refractivity contribution in [2.45, 2.75) is 25.9 Å². The third-order valence-electron chi connectivity index (χ3n) is 3.22. The Labute approximate surface area is 127 Å². The highest BCUT2D eigenvalue weighted by atomic mass is 16.5. The summed E-state index contributed by atoms with van der Waals surface area (Å²) in [4.78, 5) is 22.0. The summed E-state index contributed by atoms with van der Waals surface area (Å²) in [5.74, 6) is 0.364. The molecule has 0 bridgehead atoms. The minimum atomic E-state index is -1.05. The Kier molecular flexibility index (Phi) is 4.82. The first-order valence-electron chi connectivity index (χ1n) is 6.99. The van der Waals surface area contributed by atoms with E-state index in [0.29, 0.717) is 17.8 Å². The van der Waals surface area contributed by atoms with E-state index in [0.717, 1.165) is 5.39 Å². The standard InChI is InChI=1S/C16H19NO5/c1-11(18)17-10-16(2,20)7-8-21-13-5-3-12-4-6-15(19)22-14(12)9-13/h3-6,9,20H,7-8,10H2,1-2H3,(H,17,18). The highest BCUT2D eigenvalue weighted by Gasteiger charge is 2.20. The van der Waals surface area contributed by atoms with Crippen LogP contribution in [0.15, 0.2) is 39.5 Å². The van der Waals surface area contributed by atoms with Gasteiger partial charge in [-0.25, -0.2) is 4.79 Å². The zero-order chi connectivity index (χ0) is 16.2. The number of hydrogen-bond donors (Lipinski definition) is 2. The summed E-state index contributed by atoms with van der Waals surface area (Å²) < 4.78 is 10.6. The number of fused-ring (bicyclic) bond motifs is 1. The number of benzene rings is 1. The van der Waals surface area contributed by atoms with Gasteiger partial charge in [0.05, 0.1) is 12.2 Å². The van der Waals surface area contributed by atoms with E-state index in [1.807, 2.05) is 0 Å². The van der Waals surface area contributed by atoms with Crippen LogP contribution in [0.5, 0.6) is 5.75 Å². The molecule has 2 aromatic rings. The molecule has 1 heterocycles. The van der Waals surface area contributed by atoms with E-state index in [4.69, 9.17) is 9.15 Å². The average Bonchev–Trinajstić information content (AvgIpc) is 2.45. The van der Waals surface area contributed by atoms with Gasteiger partial charge in [0.15, 0.2) is 0 Å². The monoisotopic (exact) mass is 305 g/mol. The van der Waals surface area contributed by atoms with Crippen molar-refractivity contribution in [3.05, 3.63) is 40.8 Å². The van der Waals surface area contributed by atoms with Crippen LogP contribution in [0.3, 0.4) is 0 Å². The smallest absolute Gasteiger partial charge is 0.336 e. The molecule has 0 fully saturated rings. The van der Waals surface area contributed by atoms with Gasteiger partial charge in [0, 0.05) is 37.4 Å². The van der Waals surface area contributed by atoms with E-state index in [1.165, 1.54) is 13.0 Å². The van der Waals surface area contributed by atoms with Crippen LogP contribution in [0.25, 0.3) is 11.0 Å². The average molecular weight is 305 g/mol. The zero-order valence-corrected chi connectivity index (χ0v) is 12.6. The molecule has 6 nitrogen and oxygen atoms in total. The first-order chi connectivity index (χ1) is 10.4. The molecule has 1 amide bonds. The predicted molar refractivity (Wildman–Crippen MR) is 81.9 cm³/mol. The van der Waals surface area contributed by atoms with E-state index in [9.17, 15) is 14.7 Å². The van der Waals surface area contributed by atoms with Crippen LogP contribution in [0, 0.1) is 0 Å². The maximum Gasteiger partial charge on any atom is 0.336 e. The van der Waals surface area contributed by atoms with Gasteiger partial charge in [0.2, 0.25) is 5.91 Å². The molecule has 0 aliphatic carbocycles. The highest BCUT2D eigenvalue weighted by Crippen LogP contribution is 2.20. The molecule has 0 aliphatic rings. The van der Waals surface area contributed by atoms with Gasteiger partial charge in [-0.05, 0) is 25.1 Å². The third-order valence-corrected chi connectivity index (χ3v) is 3.22. The number of carbonyl (C=O) groups excluding carboxylic acids is 1. The molecule has 1 aromatic heterocycles. The molecular weight excluding hydrogens is 286 g/mol. The van der Waals surface area contributed by atoms with E-state index in [-0.39, 0.29) is 19.1 Å². The Bertz CT molecular complexity index is 720. The number of rotatable bonds is 6. The summed E-state index contributed by atoms with van der Waals surface area (Å²) in [6, 6.07) is 8.25. The lowest BCUT2D eigenvalue weighted by atomic mass is 10.0. The fourth-order valence-corrected chi connectivity index (χ4v) is 1.92. The van der Waals surface area contributed by atoms with E-state index in [2.05, 4.69) is 5.32 Å². The van der Waals surface area contributed by atoms with Crippen LogP contribution in [0.2, 0.25) is 0 Å². The number of nitrogens with one attached hydrogen (secondary N) is 1. The van der Waals surface area contributed by atoms with Crippen molar-refractivity contribution in [3.63, 3.8) is 0 Å². The van der Waals surface area contributed by atoms with Crippen molar-refractivity contribution >= 4 is 16.9 Å². The number of hydrogen-bond acceptors (Lipinski definition) is 5. The first kappa shape index (κ1) is 16.0. The summed E-state index contributed by atoms with van der Waals surface area (Å²) in [6.45, 7) is 3.47. The van der Waals surface area contributed by atoms with Crippen LogP contribution >= 0.6 is 0 Å². The van der Waals surface area contributed by atoms with Gasteiger partial charge in [-0.15, -0.1) is 0 Å². The molecule has 1 unspecified atom stereocenters. The minimum Gasteiger partial charge on any atom is -0.493 e. The van der Waals surface area contributed by atoms with Crippen molar-refractivity contribution in [2.75, 3.05) is 13.2 Å². The summed E-state index contributed by atoms with van der Waals surface area (Å²) in [7, 11) is 0. The fraction of sp³-hybridized carbons (Fsp3) is 0.375. The lowest BCUT2D eigenvalue weighted by Crippen LogP contribution is -2.40. The van der Waals surface area contributed by atoms with Gasteiger partial charge in [0.25, 0.3) is 0 Å². The maximum absolute atomic E-state index is 11.2. The van der Waals surface area contributed by atoms with Crippen molar-refractivity contribution < 1.29 is 19.1 Å². The molecule has 6 heteroatoms. The van der Waals surface area contributed by atoms with E-state index < -0.39 is 11.2 Å². The molecule has 0 radical (unpaired) electrons. The largest absolute Gasteiger partial charge is 0.493 e. The number of amides is 1. The van der Waals surface area contributed by atoms with Gasteiger partial charge >= 0.3 is 5.63 Å². The molecule has 1 aromatic carbocycles. The first-order valence-corrected chi connectivity index (χ1v) is 6.99. The second-order valence-corrected chi connectivity index (χ2v) is 5.46. The minimum absolute atomic E-state index is 0.165. The summed E-state index contributed by atoms with van der Waals surface area (Å²) in [5.41, 5.74) is -1.01. The van der Waals surface area contributed by atoms with Crippen molar-refractivity contribution in [1.29, 1.82) is 0 Å². The third kappa shape index (κ3) is 4.60. The topological polar surface area (TPSA) is 88.8 Å². The molecule has 118 valence electrons. The highest BCUT2D eigenvalue weighted by molar-refractivity contribution is 5.77. The lowest BCUT2D eigenvalue weighted by molar-refractivity contribution is -0.120. The zero-order valence-electron chi connectivity index (χ0n) is 12.6. The molecule has 0 spiro atoms. The fourth-order valence-electron chi connectivity index (χ4n) is 1.92. The second kappa shape index (κ2) is 6.62. The van der Waals surface area contributed by atoms with E-state index in [1.54, 1.807) is 31.2 Å². The molecule has 2 N–H and O–H groups in total. The molecule has 0 saturated carbocycles. The molecule has 0 aliphatic heterocycles. The second-order valence-electron chi connectivity index (χ2n) is 5.46. The van der Waals surface area contributed by atoms with Crippen LogP contribution in [0.4, 0.5) is 0 Å². The summed E-state index contributed by atoms with van der Waals surface area (Å²) in [5, 5.41) is 13.5. The molecule has 0 saturated heterocycles. The summed E-state index contributed by atoms with van der Waals surface area (Å²) >= 11 is 0. The van der Waals surface area contributed by atoms with Gasteiger partial charge < -0.3 is 19.6 Å². The Hall–Kier alpha value is -2.34. The Balaban J connectivity index is 1.94. The number of aliphatic hydroxyl groups is 1. The quantitative estimate of drug-likeness (QED) is 0.789. The summed E-state index contributed by atoms with van der Waals surface area (Å²) in [6.07, 6.45) is 0.351. The Morgan fingerprint density at radius 3 is 2.82 bits per heavy atom. The van der Waals surface area contributed by atoms with Gasteiger partial charge in [-0.2, -0.15) is 0 Å². The number of ether oxygens (including phenoxy) is 1. The molecule has 22 heavy (non-hydrogen) atoms. The Morgan fingerprint density at radius 2 is 2.09 bits per heavy atom. The normalized spacial score (nSPS) is 13.6. The Morgan fingerprint density at radius 1 is 1.36 bits per heavy atom. The molecule has 1 atom stereocenters. The SMILES string of the molecule is CC(=O)NCC(C)(O)CCOc1ccc2ccc(=O)oc2c1. The van der Waals surface area contributed by atoms with Crippen LogP contribution in [0.1, 0.15) is 20.3 Å². The van der Waals surface area contributed by atoms with E-state index >= 15 is 0 Å². The van der Waals surface area contributed by atoms with Crippen molar-refractivity contribution in [1.82, 2.24) is 5.32 Å². The van der Waals surface area contributed by atoms with Gasteiger partial charge in [-0.3, -0.25) is 4.79 Å². The van der Waals surface area contributed by atoms with Crippen LogP contribution in [-0.2, 0) is 4.79 Å². The van der Waals surface area contributed by atoms with Gasteiger partial charge in [-0.1, -0.05) is 0 Å². The van der Waals surface area contributed by atoms with Gasteiger partial charge in [0.1, 0.15) is 11.3 Å². The molecular formula is C16H19NO5.